The number of rotatable bonds is 3. The van der Waals surface area contributed by atoms with Gasteiger partial charge in [0.25, 0.3) is 0 Å². The molecule has 2 aliphatic rings. The third-order valence-corrected chi connectivity index (χ3v) is 3.91. The van der Waals surface area contributed by atoms with Gasteiger partial charge in [0.2, 0.25) is 0 Å². The Bertz CT molecular complexity index is 143. The van der Waals surface area contributed by atoms with E-state index in [2.05, 4.69) is 12.2 Å². The van der Waals surface area contributed by atoms with Crippen molar-refractivity contribution < 1.29 is 0 Å². The molecular formula is C11H21N. The van der Waals surface area contributed by atoms with Crippen LogP contribution in [0, 0.1) is 5.92 Å². The van der Waals surface area contributed by atoms with Gasteiger partial charge in [-0.2, -0.15) is 0 Å². The average Bonchev–Trinajstić information content (AvgIpc) is 2.46. The second kappa shape index (κ2) is 3.37. The van der Waals surface area contributed by atoms with Crippen molar-refractivity contribution in [2.45, 2.75) is 57.4 Å². The van der Waals surface area contributed by atoms with Crippen LogP contribution in [0.5, 0.6) is 0 Å². The van der Waals surface area contributed by atoms with E-state index >= 15 is 0 Å². The summed E-state index contributed by atoms with van der Waals surface area (Å²) in [6, 6.07) is 0. The SMILES string of the molecule is CCC1(CC2CCC2)CCCN1. The molecule has 1 nitrogen and oxygen atoms in total. The van der Waals surface area contributed by atoms with E-state index in [9.17, 15) is 0 Å². The van der Waals surface area contributed by atoms with Crippen molar-refractivity contribution in [1.82, 2.24) is 5.32 Å². The van der Waals surface area contributed by atoms with Gasteiger partial charge in [-0.15, -0.1) is 0 Å². The van der Waals surface area contributed by atoms with Crippen molar-refractivity contribution in [3.05, 3.63) is 0 Å². The zero-order valence-corrected chi connectivity index (χ0v) is 8.23. The van der Waals surface area contributed by atoms with Crippen LogP contribution < -0.4 is 5.32 Å². The van der Waals surface area contributed by atoms with E-state index < -0.39 is 0 Å². The number of nitrogens with one attached hydrogen (secondary N) is 1. The van der Waals surface area contributed by atoms with E-state index in [1.165, 1.54) is 51.5 Å². The van der Waals surface area contributed by atoms with Gasteiger partial charge in [0.05, 0.1) is 0 Å². The Morgan fingerprint density at radius 2 is 2.17 bits per heavy atom. The molecule has 0 radical (unpaired) electrons. The topological polar surface area (TPSA) is 12.0 Å². The van der Waals surface area contributed by atoms with Crippen molar-refractivity contribution in [2.24, 2.45) is 5.92 Å². The van der Waals surface area contributed by atoms with Gasteiger partial charge in [0.1, 0.15) is 0 Å². The van der Waals surface area contributed by atoms with Crippen LogP contribution in [0.25, 0.3) is 0 Å². The third-order valence-electron chi connectivity index (χ3n) is 3.91. The summed E-state index contributed by atoms with van der Waals surface area (Å²) in [5.41, 5.74) is 0.561. The van der Waals surface area contributed by atoms with Crippen LogP contribution in [0.2, 0.25) is 0 Å². The Balaban J connectivity index is 1.87. The molecule has 0 spiro atoms. The molecule has 2 fully saturated rings. The molecule has 1 heteroatoms. The molecule has 0 amide bonds. The zero-order valence-electron chi connectivity index (χ0n) is 8.23. The summed E-state index contributed by atoms with van der Waals surface area (Å²) in [5, 5.41) is 3.72. The highest BCUT2D eigenvalue weighted by Gasteiger charge is 2.35. The largest absolute Gasteiger partial charge is 0.311 e. The van der Waals surface area contributed by atoms with Gasteiger partial charge in [-0.05, 0) is 38.1 Å². The van der Waals surface area contributed by atoms with Crippen LogP contribution in [0.15, 0.2) is 0 Å². The van der Waals surface area contributed by atoms with Crippen LogP contribution in [-0.2, 0) is 0 Å². The van der Waals surface area contributed by atoms with E-state index in [0.717, 1.165) is 5.92 Å². The molecular weight excluding hydrogens is 146 g/mol. The lowest BCUT2D eigenvalue weighted by Crippen LogP contribution is -2.41. The Morgan fingerprint density at radius 1 is 1.33 bits per heavy atom. The minimum atomic E-state index is 0.561. The molecule has 70 valence electrons. The molecule has 0 bridgehead atoms. The Hall–Kier alpha value is -0.0400. The van der Waals surface area contributed by atoms with E-state index in [1.807, 2.05) is 0 Å². The lowest BCUT2D eigenvalue weighted by atomic mass is 9.74. The Morgan fingerprint density at radius 3 is 2.58 bits per heavy atom. The molecule has 12 heavy (non-hydrogen) atoms. The molecule has 1 unspecified atom stereocenters. The number of hydrogen-bond donors (Lipinski definition) is 1. The summed E-state index contributed by atoms with van der Waals surface area (Å²) < 4.78 is 0. The van der Waals surface area contributed by atoms with Crippen molar-refractivity contribution in [3.63, 3.8) is 0 Å². The highest BCUT2D eigenvalue weighted by molar-refractivity contribution is 4.94. The maximum Gasteiger partial charge on any atom is 0.0182 e. The van der Waals surface area contributed by atoms with Crippen molar-refractivity contribution >= 4 is 0 Å². The molecule has 0 aromatic carbocycles. The van der Waals surface area contributed by atoms with Crippen molar-refractivity contribution in [3.8, 4) is 0 Å². The van der Waals surface area contributed by atoms with Crippen LogP contribution in [0.3, 0.4) is 0 Å². The second-order valence-corrected chi connectivity index (χ2v) is 4.67. The van der Waals surface area contributed by atoms with Crippen LogP contribution in [0.1, 0.15) is 51.9 Å². The van der Waals surface area contributed by atoms with E-state index in [0.29, 0.717) is 5.54 Å². The fourth-order valence-corrected chi connectivity index (χ4v) is 2.74. The third kappa shape index (κ3) is 1.52. The summed E-state index contributed by atoms with van der Waals surface area (Å²) in [5.74, 6) is 1.07. The first-order chi connectivity index (χ1) is 5.85. The minimum Gasteiger partial charge on any atom is -0.311 e. The highest BCUT2D eigenvalue weighted by atomic mass is 15.0. The normalized spacial score (nSPS) is 36.8. The smallest absolute Gasteiger partial charge is 0.0182 e. The highest BCUT2D eigenvalue weighted by Crippen LogP contribution is 2.38. The maximum absolute atomic E-state index is 3.72. The van der Waals surface area contributed by atoms with Gasteiger partial charge >= 0.3 is 0 Å². The van der Waals surface area contributed by atoms with Gasteiger partial charge in [0.15, 0.2) is 0 Å². The summed E-state index contributed by atoms with van der Waals surface area (Å²) >= 11 is 0. The lowest BCUT2D eigenvalue weighted by Gasteiger charge is -2.36. The van der Waals surface area contributed by atoms with Crippen molar-refractivity contribution in [1.29, 1.82) is 0 Å². The summed E-state index contributed by atoms with van der Waals surface area (Å²) in [6.07, 6.45) is 10.1. The quantitative estimate of drug-likeness (QED) is 0.681. The second-order valence-electron chi connectivity index (χ2n) is 4.67. The van der Waals surface area contributed by atoms with Crippen molar-refractivity contribution in [2.75, 3.05) is 6.54 Å². The standard InChI is InChI=1S/C11H21N/c1-2-11(7-4-8-12-11)9-10-5-3-6-10/h10,12H,2-9H2,1H3. The molecule has 1 saturated heterocycles. The van der Waals surface area contributed by atoms with Crippen LogP contribution >= 0.6 is 0 Å². The van der Waals surface area contributed by atoms with Gasteiger partial charge < -0.3 is 5.32 Å². The molecule has 1 heterocycles. The molecule has 1 saturated carbocycles. The van der Waals surface area contributed by atoms with Gasteiger partial charge in [-0.3, -0.25) is 0 Å². The first kappa shape index (κ1) is 8.55. The Labute approximate surface area is 75.9 Å². The lowest BCUT2D eigenvalue weighted by molar-refractivity contribution is 0.202. The van der Waals surface area contributed by atoms with E-state index in [-0.39, 0.29) is 0 Å². The first-order valence-electron chi connectivity index (χ1n) is 5.60. The molecule has 0 aromatic heterocycles. The predicted molar refractivity (Wildman–Crippen MR) is 52.2 cm³/mol. The van der Waals surface area contributed by atoms with E-state index in [4.69, 9.17) is 0 Å². The molecule has 0 aromatic rings. The van der Waals surface area contributed by atoms with Gasteiger partial charge in [-0.1, -0.05) is 26.2 Å². The summed E-state index contributed by atoms with van der Waals surface area (Å²) in [6.45, 7) is 3.61. The molecule has 1 aliphatic carbocycles. The molecule has 1 aliphatic heterocycles. The Kier molecular flexibility index (Phi) is 2.40. The number of hydrogen-bond acceptors (Lipinski definition) is 1. The monoisotopic (exact) mass is 167 g/mol. The summed E-state index contributed by atoms with van der Waals surface area (Å²) in [4.78, 5) is 0. The van der Waals surface area contributed by atoms with Crippen LogP contribution in [0.4, 0.5) is 0 Å². The fourth-order valence-electron chi connectivity index (χ4n) is 2.74. The average molecular weight is 167 g/mol. The summed E-state index contributed by atoms with van der Waals surface area (Å²) in [7, 11) is 0. The van der Waals surface area contributed by atoms with Crippen LogP contribution in [-0.4, -0.2) is 12.1 Å². The fraction of sp³-hybridized carbons (Fsp3) is 1.00. The molecule has 1 N–H and O–H groups in total. The maximum atomic E-state index is 3.72. The minimum absolute atomic E-state index is 0.561. The predicted octanol–water partition coefficient (Wildman–Crippen LogP) is 2.71. The molecule has 1 atom stereocenters. The molecule has 2 rings (SSSR count). The van der Waals surface area contributed by atoms with E-state index in [1.54, 1.807) is 0 Å². The zero-order chi connectivity index (χ0) is 8.44. The first-order valence-corrected chi connectivity index (χ1v) is 5.60. The van der Waals surface area contributed by atoms with Gasteiger partial charge in [0, 0.05) is 5.54 Å². The van der Waals surface area contributed by atoms with Gasteiger partial charge in [-0.25, -0.2) is 0 Å².